The molecule has 3 atom stereocenters. The number of aromatic nitrogens is 1. The van der Waals surface area contributed by atoms with Crippen molar-refractivity contribution in [1.82, 2.24) is 9.88 Å². The third kappa shape index (κ3) is 4.87. The summed E-state index contributed by atoms with van der Waals surface area (Å²) < 4.78 is 6.25. The number of amides is 1. The molecule has 0 aliphatic carbocycles. The first-order valence-corrected chi connectivity index (χ1v) is 13.2. The highest BCUT2D eigenvalue weighted by Gasteiger charge is 2.55. The minimum Gasteiger partial charge on any atom is -0.452 e. The number of pyridine rings is 1. The largest absolute Gasteiger partial charge is 0.452 e. The third-order valence-corrected chi connectivity index (χ3v) is 8.61. The summed E-state index contributed by atoms with van der Waals surface area (Å²) in [5, 5.41) is 1.81. The number of nitrogens with two attached hydrogens (primary N) is 1. The average Bonchev–Trinajstić information content (AvgIpc) is 2.92. The zero-order valence-corrected chi connectivity index (χ0v) is 20.5. The van der Waals surface area contributed by atoms with Crippen LogP contribution in [0.4, 0.5) is 0 Å². The maximum atomic E-state index is 13.9. The second kappa shape index (κ2) is 10.3. The number of ether oxygens (including phenoxy) is 1. The Hall–Kier alpha value is -3.07. The molecule has 0 radical (unpaired) electrons. The van der Waals surface area contributed by atoms with Gasteiger partial charge < -0.3 is 15.4 Å². The fourth-order valence-electron chi connectivity index (χ4n) is 4.26. The number of hydrogen-bond donors (Lipinski definition) is 1. The SMILES string of the molecule is NC1C(=O)N2CC(C=CSc3ccncc3)(C(=O)OC(c3ccccc3)c3ccccc3)CS[C@H]12. The van der Waals surface area contributed by atoms with Crippen LogP contribution in [-0.4, -0.2) is 45.5 Å². The molecule has 5 rings (SSSR count). The second-order valence-electron chi connectivity index (χ2n) is 8.56. The Morgan fingerprint density at radius 1 is 1.09 bits per heavy atom. The van der Waals surface area contributed by atoms with Crippen molar-refractivity contribution in [2.45, 2.75) is 22.4 Å². The molecule has 0 spiro atoms. The lowest BCUT2D eigenvalue weighted by atomic mass is 9.87. The van der Waals surface area contributed by atoms with E-state index < -0.39 is 17.6 Å². The standard InChI is InChI=1S/C27H25N3O3S2/c28-22-24(31)30-17-27(18-35-25(22)30,13-16-34-21-11-14-29-15-12-21)26(32)33-23(19-7-3-1-4-8-19)20-9-5-2-6-10-20/h1-16,22-23,25H,17-18,28H2/t22?,25-,27?/m1/s1. The van der Waals surface area contributed by atoms with Gasteiger partial charge in [0.15, 0.2) is 6.10 Å². The Labute approximate surface area is 212 Å². The Kier molecular flexibility index (Phi) is 6.95. The van der Waals surface area contributed by atoms with Crippen LogP contribution in [0, 0.1) is 5.41 Å². The molecule has 2 unspecified atom stereocenters. The number of fused-ring (bicyclic) bond motifs is 1. The molecule has 2 aliphatic rings. The van der Waals surface area contributed by atoms with Crippen molar-refractivity contribution >= 4 is 35.4 Å². The number of carbonyl (C=O) groups excluding carboxylic acids is 2. The summed E-state index contributed by atoms with van der Waals surface area (Å²) in [6, 6.07) is 22.7. The van der Waals surface area contributed by atoms with Crippen molar-refractivity contribution in [3.8, 4) is 0 Å². The third-order valence-electron chi connectivity index (χ3n) is 6.22. The van der Waals surface area contributed by atoms with Gasteiger partial charge in [-0.3, -0.25) is 14.6 Å². The maximum absolute atomic E-state index is 13.9. The minimum atomic E-state index is -0.987. The molecule has 2 aliphatic heterocycles. The molecule has 178 valence electrons. The van der Waals surface area contributed by atoms with E-state index in [2.05, 4.69) is 4.98 Å². The number of thioether (sulfide) groups is 2. The van der Waals surface area contributed by atoms with Gasteiger partial charge in [0.05, 0.1) is 0 Å². The molecule has 35 heavy (non-hydrogen) atoms. The van der Waals surface area contributed by atoms with Crippen molar-refractivity contribution in [2.75, 3.05) is 12.3 Å². The Bertz CT molecular complexity index is 1170. The van der Waals surface area contributed by atoms with E-state index >= 15 is 0 Å². The summed E-state index contributed by atoms with van der Waals surface area (Å²) in [5.74, 6) is -0.00393. The molecule has 1 amide bonds. The fraction of sp³-hybridized carbons (Fsp3) is 0.222. The lowest BCUT2D eigenvalue weighted by Gasteiger charge is -2.52. The summed E-state index contributed by atoms with van der Waals surface area (Å²) in [6.07, 6.45) is 4.78. The molecule has 2 fully saturated rings. The van der Waals surface area contributed by atoms with Crippen LogP contribution in [0.3, 0.4) is 0 Å². The van der Waals surface area contributed by atoms with Gasteiger partial charge in [0, 0.05) is 29.6 Å². The molecule has 2 saturated heterocycles. The van der Waals surface area contributed by atoms with E-state index in [9.17, 15) is 9.59 Å². The number of rotatable bonds is 7. The van der Waals surface area contributed by atoms with Crippen LogP contribution in [-0.2, 0) is 14.3 Å². The van der Waals surface area contributed by atoms with Crippen LogP contribution in [0.5, 0.6) is 0 Å². The van der Waals surface area contributed by atoms with E-state index in [4.69, 9.17) is 10.5 Å². The fourth-order valence-corrected chi connectivity index (χ4v) is 6.48. The highest BCUT2D eigenvalue weighted by Crippen LogP contribution is 2.44. The predicted octanol–water partition coefficient (Wildman–Crippen LogP) is 4.25. The smallest absolute Gasteiger partial charge is 0.319 e. The predicted molar refractivity (Wildman–Crippen MR) is 138 cm³/mol. The van der Waals surface area contributed by atoms with Crippen LogP contribution in [0.2, 0.25) is 0 Å². The summed E-state index contributed by atoms with van der Waals surface area (Å²) in [5.41, 5.74) is 6.79. The summed E-state index contributed by atoms with van der Waals surface area (Å²) in [4.78, 5) is 33.1. The first-order chi connectivity index (χ1) is 17.1. The lowest BCUT2D eigenvalue weighted by Crippen LogP contribution is -2.72. The highest BCUT2D eigenvalue weighted by atomic mass is 32.2. The van der Waals surface area contributed by atoms with Crippen LogP contribution in [0.15, 0.2) is 102 Å². The van der Waals surface area contributed by atoms with Crippen molar-refractivity contribution < 1.29 is 14.3 Å². The van der Waals surface area contributed by atoms with Crippen molar-refractivity contribution in [3.05, 3.63) is 108 Å². The molecule has 2 aromatic carbocycles. The number of β-lactam (4-membered cyclic amide) rings is 1. The molecular weight excluding hydrogens is 478 g/mol. The first kappa shape index (κ1) is 23.7. The van der Waals surface area contributed by atoms with Crippen molar-refractivity contribution in [2.24, 2.45) is 11.1 Å². The van der Waals surface area contributed by atoms with E-state index in [0.717, 1.165) is 16.0 Å². The van der Waals surface area contributed by atoms with Crippen LogP contribution in [0.25, 0.3) is 0 Å². The normalized spacial score (nSPS) is 23.7. The Balaban J connectivity index is 1.44. The molecular formula is C27H25N3O3S2. The quantitative estimate of drug-likeness (QED) is 0.293. The van der Waals surface area contributed by atoms with Gasteiger partial charge in [0.25, 0.3) is 0 Å². The molecule has 2 N–H and O–H groups in total. The minimum absolute atomic E-state index is 0.0938. The Morgan fingerprint density at radius 2 is 1.71 bits per heavy atom. The number of nitrogens with zero attached hydrogens (tertiary/aromatic N) is 2. The van der Waals surface area contributed by atoms with Crippen molar-refractivity contribution in [3.63, 3.8) is 0 Å². The van der Waals surface area contributed by atoms with Gasteiger partial charge in [-0.25, -0.2) is 0 Å². The average molecular weight is 504 g/mol. The molecule has 0 saturated carbocycles. The number of benzene rings is 2. The number of hydrogen-bond acceptors (Lipinski definition) is 7. The lowest BCUT2D eigenvalue weighted by molar-refractivity contribution is -0.161. The van der Waals surface area contributed by atoms with Gasteiger partial charge in [-0.1, -0.05) is 78.5 Å². The van der Waals surface area contributed by atoms with E-state index in [1.54, 1.807) is 17.3 Å². The molecule has 3 aromatic rings. The molecule has 8 heteroatoms. The van der Waals surface area contributed by atoms with E-state index in [1.807, 2.05) is 84.3 Å². The molecule has 3 heterocycles. The van der Waals surface area contributed by atoms with Crippen LogP contribution in [0.1, 0.15) is 17.2 Å². The van der Waals surface area contributed by atoms with Gasteiger partial charge in [-0.15, -0.1) is 11.8 Å². The van der Waals surface area contributed by atoms with E-state index in [-0.39, 0.29) is 23.8 Å². The van der Waals surface area contributed by atoms with E-state index in [1.165, 1.54) is 23.5 Å². The Morgan fingerprint density at radius 3 is 2.34 bits per heavy atom. The molecule has 1 aromatic heterocycles. The molecule has 0 bridgehead atoms. The zero-order chi connectivity index (χ0) is 24.3. The van der Waals surface area contributed by atoms with Gasteiger partial charge in [-0.2, -0.15) is 0 Å². The second-order valence-corrected chi connectivity index (χ2v) is 10.6. The molecule has 6 nitrogen and oxygen atoms in total. The topological polar surface area (TPSA) is 85.5 Å². The van der Waals surface area contributed by atoms with Crippen molar-refractivity contribution in [1.29, 1.82) is 0 Å². The number of carbonyl (C=O) groups is 2. The summed E-state index contributed by atoms with van der Waals surface area (Å²) in [6.45, 7) is 0.250. The first-order valence-electron chi connectivity index (χ1n) is 11.3. The van der Waals surface area contributed by atoms with Crippen LogP contribution >= 0.6 is 23.5 Å². The zero-order valence-electron chi connectivity index (χ0n) is 18.9. The van der Waals surface area contributed by atoms with Gasteiger partial charge in [0.1, 0.15) is 16.8 Å². The highest BCUT2D eigenvalue weighted by molar-refractivity contribution is 8.02. The summed E-state index contributed by atoms with van der Waals surface area (Å²) >= 11 is 3.03. The monoisotopic (exact) mass is 503 g/mol. The van der Waals surface area contributed by atoms with E-state index in [0.29, 0.717) is 5.75 Å². The van der Waals surface area contributed by atoms with Crippen LogP contribution < -0.4 is 5.73 Å². The summed E-state index contributed by atoms with van der Waals surface area (Å²) in [7, 11) is 0. The number of esters is 1. The van der Waals surface area contributed by atoms with Gasteiger partial charge >= 0.3 is 5.97 Å². The van der Waals surface area contributed by atoms with Gasteiger partial charge in [-0.05, 0) is 28.7 Å². The maximum Gasteiger partial charge on any atom is 0.319 e. The van der Waals surface area contributed by atoms with Gasteiger partial charge in [0.2, 0.25) is 5.91 Å².